The Balaban J connectivity index is 0.000000791. The molecule has 0 aromatic rings. The smallest absolute Gasteiger partial charge is 0.149 e. The van der Waals surface area contributed by atoms with Gasteiger partial charge in [0.05, 0.1) is 6.04 Å². The fraction of sp³-hybridized carbons (Fsp3) is 0.917. The van der Waals surface area contributed by atoms with E-state index >= 15 is 0 Å². The van der Waals surface area contributed by atoms with E-state index in [1.807, 2.05) is 20.8 Å². The van der Waals surface area contributed by atoms with Gasteiger partial charge in [0.2, 0.25) is 0 Å². The number of rotatable bonds is 3. The fourth-order valence-electron chi connectivity index (χ4n) is 1.99. The highest BCUT2D eigenvalue weighted by molar-refractivity contribution is 5.83. The molecular formula is C12H25NO. The Hall–Kier alpha value is -0.370. The van der Waals surface area contributed by atoms with E-state index in [0.29, 0.717) is 12.3 Å². The van der Waals surface area contributed by atoms with Gasteiger partial charge in [0.1, 0.15) is 5.78 Å². The molecule has 0 radical (unpaired) electrons. The lowest BCUT2D eigenvalue weighted by Crippen LogP contribution is -2.38. The van der Waals surface area contributed by atoms with E-state index in [4.69, 9.17) is 5.73 Å². The summed E-state index contributed by atoms with van der Waals surface area (Å²) >= 11 is 0. The van der Waals surface area contributed by atoms with Crippen molar-refractivity contribution in [3.8, 4) is 0 Å². The average Bonchev–Trinajstić information content (AvgIpc) is 2.31. The second kappa shape index (κ2) is 7.98. The van der Waals surface area contributed by atoms with Crippen LogP contribution in [-0.4, -0.2) is 11.8 Å². The predicted molar refractivity (Wildman–Crippen MR) is 61.2 cm³/mol. The third kappa shape index (κ3) is 4.23. The molecule has 1 aliphatic carbocycles. The molecule has 0 aromatic carbocycles. The number of Topliss-reactive ketones (excluding diaryl/α,β-unsaturated/α-hetero) is 1. The molecule has 2 N–H and O–H groups in total. The molecule has 0 bridgehead atoms. The molecule has 0 amide bonds. The molecule has 2 heteroatoms. The number of hydrogen-bond acceptors (Lipinski definition) is 2. The molecule has 14 heavy (non-hydrogen) atoms. The molecule has 1 atom stereocenters. The zero-order valence-electron chi connectivity index (χ0n) is 9.88. The van der Waals surface area contributed by atoms with Gasteiger partial charge in [0.15, 0.2) is 0 Å². The van der Waals surface area contributed by atoms with Gasteiger partial charge in [-0.25, -0.2) is 0 Å². The van der Waals surface area contributed by atoms with Crippen molar-refractivity contribution in [2.24, 2.45) is 11.7 Å². The topological polar surface area (TPSA) is 43.1 Å². The molecule has 0 saturated heterocycles. The lowest BCUT2D eigenvalue weighted by Gasteiger charge is -2.26. The van der Waals surface area contributed by atoms with Gasteiger partial charge in [-0.3, -0.25) is 4.79 Å². The van der Waals surface area contributed by atoms with Crippen LogP contribution in [0.25, 0.3) is 0 Å². The molecule has 0 aromatic heterocycles. The molecular weight excluding hydrogens is 174 g/mol. The lowest BCUT2D eigenvalue weighted by molar-refractivity contribution is -0.121. The molecule has 84 valence electrons. The summed E-state index contributed by atoms with van der Waals surface area (Å²) in [5.74, 6) is 0.716. The SMILES string of the molecule is CC.CCC(=O)C(N)C1CCCCC1. The van der Waals surface area contributed by atoms with Crippen LogP contribution < -0.4 is 5.73 Å². The lowest BCUT2D eigenvalue weighted by atomic mass is 9.82. The molecule has 0 heterocycles. The van der Waals surface area contributed by atoms with Crippen LogP contribution in [-0.2, 0) is 4.79 Å². The first-order chi connectivity index (χ1) is 6.75. The summed E-state index contributed by atoms with van der Waals surface area (Å²) < 4.78 is 0. The van der Waals surface area contributed by atoms with Crippen molar-refractivity contribution < 1.29 is 4.79 Å². The summed E-state index contributed by atoms with van der Waals surface area (Å²) in [6, 6.07) is -0.171. The van der Waals surface area contributed by atoms with E-state index in [1.165, 1.54) is 19.3 Å². The summed E-state index contributed by atoms with van der Waals surface area (Å²) in [7, 11) is 0. The van der Waals surface area contributed by atoms with Crippen molar-refractivity contribution in [1.29, 1.82) is 0 Å². The molecule has 1 aliphatic rings. The van der Waals surface area contributed by atoms with Gasteiger partial charge < -0.3 is 5.73 Å². The van der Waals surface area contributed by atoms with E-state index in [-0.39, 0.29) is 11.8 Å². The highest BCUT2D eigenvalue weighted by Crippen LogP contribution is 2.26. The fourth-order valence-corrected chi connectivity index (χ4v) is 1.99. The average molecular weight is 199 g/mol. The zero-order valence-corrected chi connectivity index (χ0v) is 9.88. The summed E-state index contributed by atoms with van der Waals surface area (Å²) in [6.07, 6.45) is 6.76. The van der Waals surface area contributed by atoms with Crippen LogP contribution in [0.2, 0.25) is 0 Å². The first-order valence-electron chi connectivity index (χ1n) is 6.04. The monoisotopic (exact) mass is 199 g/mol. The number of carbonyl (C=O) groups excluding carboxylic acids is 1. The zero-order chi connectivity index (χ0) is 11.0. The van der Waals surface area contributed by atoms with Gasteiger partial charge in [-0.2, -0.15) is 0 Å². The van der Waals surface area contributed by atoms with Crippen LogP contribution in [0.15, 0.2) is 0 Å². The van der Waals surface area contributed by atoms with Crippen LogP contribution in [0.1, 0.15) is 59.3 Å². The van der Waals surface area contributed by atoms with Crippen molar-refractivity contribution in [1.82, 2.24) is 0 Å². The largest absolute Gasteiger partial charge is 0.321 e. The van der Waals surface area contributed by atoms with Crippen LogP contribution in [0.5, 0.6) is 0 Å². The van der Waals surface area contributed by atoms with E-state index in [9.17, 15) is 4.79 Å². The minimum atomic E-state index is -0.171. The van der Waals surface area contributed by atoms with Crippen LogP contribution >= 0.6 is 0 Å². The normalized spacial score (nSPS) is 19.4. The molecule has 2 nitrogen and oxygen atoms in total. The van der Waals surface area contributed by atoms with Crippen molar-refractivity contribution in [3.05, 3.63) is 0 Å². The van der Waals surface area contributed by atoms with Gasteiger partial charge >= 0.3 is 0 Å². The third-order valence-electron chi connectivity index (χ3n) is 2.88. The standard InChI is InChI=1S/C10H19NO.C2H6/c1-2-9(12)10(11)8-6-4-3-5-7-8;1-2/h8,10H,2-7,11H2,1H3;1-2H3. The van der Waals surface area contributed by atoms with Crippen molar-refractivity contribution in [2.45, 2.75) is 65.3 Å². The van der Waals surface area contributed by atoms with E-state index in [0.717, 1.165) is 12.8 Å². The van der Waals surface area contributed by atoms with Crippen molar-refractivity contribution >= 4 is 5.78 Å². The van der Waals surface area contributed by atoms with Gasteiger partial charge in [0.25, 0.3) is 0 Å². The molecule has 1 fully saturated rings. The quantitative estimate of drug-likeness (QED) is 0.759. The summed E-state index contributed by atoms with van der Waals surface area (Å²) in [5, 5.41) is 0. The summed E-state index contributed by atoms with van der Waals surface area (Å²) in [5.41, 5.74) is 5.85. The van der Waals surface area contributed by atoms with Crippen LogP contribution in [0, 0.1) is 5.92 Å². The van der Waals surface area contributed by atoms with Crippen molar-refractivity contribution in [3.63, 3.8) is 0 Å². The maximum atomic E-state index is 11.3. The molecule has 1 unspecified atom stereocenters. The Morgan fingerprint density at radius 3 is 2.21 bits per heavy atom. The second-order valence-electron chi connectivity index (χ2n) is 3.74. The van der Waals surface area contributed by atoms with Gasteiger partial charge in [-0.15, -0.1) is 0 Å². The number of carbonyl (C=O) groups is 1. The Bertz CT molecular complexity index is 150. The minimum absolute atomic E-state index is 0.171. The number of ketones is 1. The van der Waals surface area contributed by atoms with E-state index < -0.39 is 0 Å². The van der Waals surface area contributed by atoms with Crippen LogP contribution in [0.4, 0.5) is 0 Å². The maximum Gasteiger partial charge on any atom is 0.149 e. The number of hydrogen-bond donors (Lipinski definition) is 1. The Labute approximate surface area is 88.3 Å². The Morgan fingerprint density at radius 1 is 1.29 bits per heavy atom. The summed E-state index contributed by atoms with van der Waals surface area (Å²) in [4.78, 5) is 11.3. The highest BCUT2D eigenvalue weighted by Gasteiger charge is 2.24. The summed E-state index contributed by atoms with van der Waals surface area (Å²) in [6.45, 7) is 5.89. The van der Waals surface area contributed by atoms with Crippen molar-refractivity contribution in [2.75, 3.05) is 0 Å². The Kier molecular flexibility index (Phi) is 7.77. The van der Waals surface area contributed by atoms with Gasteiger partial charge in [-0.05, 0) is 18.8 Å². The molecule has 1 saturated carbocycles. The minimum Gasteiger partial charge on any atom is -0.321 e. The Morgan fingerprint density at radius 2 is 1.79 bits per heavy atom. The molecule has 0 spiro atoms. The number of nitrogens with two attached hydrogens (primary N) is 1. The molecule has 0 aliphatic heterocycles. The van der Waals surface area contributed by atoms with Gasteiger partial charge in [0, 0.05) is 6.42 Å². The first kappa shape index (κ1) is 13.6. The van der Waals surface area contributed by atoms with E-state index in [1.54, 1.807) is 0 Å². The van der Waals surface area contributed by atoms with Gasteiger partial charge in [-0.1, -0.05) is 40.0 Å². The maximum absolute atomic E-state index is 11.3. The second-order valence-corrected chi connectivity index (χ2v) is 3.74. The first-order valence-corrected chi connectivity index (χ1v) is 6.04. The highest BCUT2D eigenvalue weighted by atomic mass is 16.1. The van der Waals surface area contributed by atoms with Crippen LogP contribution in [0.3, 0.4) is 0 Å². The third-order valence-corrected chi connectivity index (χ3v) is 2.88. The molecule has 1 rings (SSSR count). The van der Waals surface area contributed by atoms with E-state index in [2.05, 4.69) is 0 Å². The predicted octanol–water partition coefficient (Wildman–Crippen LogP) is 2.90.